The maximum absolute atomic E-state index is 13.1. The minimum Gasteiger partial charge on any atom is -0.496 e. The van der Waals surface area contributed by atoms with Gasteiger partial charge in [-0.15, -0.1) is 0 Å². The second kappa shape index (κ2) is 6.66. The van der Waals surface area contributed by atoms with Crippen LogP contribution in [0.15, 0.2) is 18.2 Å². The van der Waals surface area contributed by atoms with E-state index in [1.165, 1.54) is 25.3 Å². The van der Waals surface area contributed by atoms with Gasteiger partial charge in [0.05, 0.1) is 12.7 Å². The number of benzene rings is 1. The van der Waals surface area contributed by atoms with E-state index in [1.54, 1.807) is 0 Å². The highest BCUT2D eigenvalue weighted by molar-refractivity contribution is 5.99. The molecule has 0 saturated heterocycles. The van der Waals surface area contributed by atoms with E-state index < -0.39 is 5.82 Å². The summed E-state index contributed by atoms with van der Waals surface area (Å²) in [5, 5.41) is 0. The van der Waals surface area contributed by atoms with Crippen LogP contribution in [0.4, 0.5) is 4.39 Å². The Kier molecular flexibility index (Phi) is 5.48. The number of methoxy groups -OCH3 is 1. The number of rotatable bonds is 6. The van der Waals surface area contributed by atoms with Gasteiger partial charge in [-0.3, -0.25) is 4.79 Å². The average molecular weight is 268 g/mol. The Balaban J connectivity index is 2.56. The van der Waals surface area contributed by atoms with E-state index in [1.807, 2.05) is 0 Å². The summed E-state index contributed by atoms with van der Waals surface area (Å²) in [6, 6.07) is 3.88. The molecule has 106 valence electrons. The number of Topliss-reactive ketones (excluding diaryl/α,β-unsaturated/α-hetero) is 1. The molecule has 0 bridgehead atoms. The van der Waals surface area contributed by atoms with Crippen molar-refractivity contribution < 1.29 is 18.7 Å². The molecule has 0 N–H and O–H groups in total. The van der Waals surface area contributed by atoms with Crippen molar-refractivity contribution in [3.63, 3.8) is 0 Å². The Morgan fingerprint density at radius 2 is 2.00 bits per heavy atom. The first-order valence-electron chi connectivity index (χ1n) is 6.28. The summed E-state index contributed by atoms with van der Waals surface area (Å²) in [5.74, 6) is -0.366. The molecule has 0 aromatic heterocycles. The Bertz CT molecular complexity index is 436. The van der Waals surface area contributed by atoms with Crippen LogP contribution >= 0.6 is 0 Å². The first-order valence-corrected chi connectivity index (χ1v) is 6.28. The number of ketones is 1. The van der Waals surface area contributed by atoms with Gasteiger partial charge in [-0.05, 0) is 30.0 Å². The predicted molar refractivity (Wildman–Crippen MR) is 72.2 cm³/mol. The van der Waals surface area contributed by atoms with Crippen molar-refractivity contribution in [3.05, 3.63) is 29.6 Å². The lowest BCUT2D eigenvalue weighted by Gasteiger charge is -2.17. The summed E-state index contributed by atoms with van der Waals surface area (Å²) in [4.78, 5) is 11.9. The Hall–Kier alpha value is -1.42. The summed E-state index contributed by atoms with van der Waals surface area (Å²) in [6.07, 6.45) is 0.862. The van der Waals surface area contributed by atoms with Crippen molar-refractivity contribution in [1.29, 1.82) is 0 Å². The average Bonchev–Trinajstić information content (AvgIpc) is 2.33. The van der Waals surface area contributed by atoms with Gasteiger partial charge in [0.15, 0.2) is 5.78 Å². The minimum absolute atomic E-state index is 0.0596. The molecule has 0 aliphatic carbocycles. The zero-order chi connectivity index (χ0) is 14.5. The van der Waals surface area contributed by atoms with Crippen LogP contribution in [0.25, 0.3) is 0 Å². The van der Waals surface area contributed by atoms with Gasteiger partial charge < -0.3 is 9.47 Å². The summed E-state index contributed by atoms with van der Waals surface area (Å²) in [5.41, 5.74) is 0.387. The number of halogens is 1. The smallest absolute Gasteiger partial charge is 0.192 e. The highest BCUT2D eigenvalue weighted by Gasteiger charge is 2.15. The van der Waals surface area contributed by atoms with Crippen molar-refractivity contribution in [1.82, 2.24) is 0 Å². The lowest BCUT2D eigenvalue weighted by molar-refractivity contribution is 0.0702. The Labute approximate surface area is 113 Å². The third-order valence-electron chi connectivity index (χ3n) is 2.69. The lowest BCUT2D eigenvalue weighted by Crippen LogP contribution is -2.15. The zero-order valence-corrected chi connectivity index (χ0v) is 12.0. The normalized spacial score (nSPS) is 11.4. The van der Waals surface area contributed by atoms with E-state index in [-0.39, 0.29) is 23.4 Å². The molecule has 19 heavy (non-hydrogen) atoms. The molecule has 1 aromatic carbocycles. The molecule has 1 aromatic rings. The van der Waals surface area contributed by atoms with E-state index in [4.69, 9.17) is 9.47 Å². The predicted octanol–water partition coefficient (Wildman–Crippen LogP) is 3.47. The maximum Gasteiger partial charge on any atom is 0.192 e. The van der Waals surface area contributed by atoms with Crippen molar-refractivity contribution in [3.8, 4) is 5.75 Å². The summed E-state index contributed by atoms with van der Waals surface area (Å²) >= 11 is 0. The van der Waals surface area contributed by atoms with E-state index in [2.05, 4.69) is 20.8 Å². The standard InChI is InChI=1S/C15H21FO3/c1-15(2,3)7-8-19-10-13(17)12-9-11(16)5-6-14(12)18-4/h5-6,9H,7-8,10H2,1-4H3. The second-order valence-electron chi connectivity index (χ2n) is 5.63. The molecule has 0 radical (unpaired) electrons. The number of carbonyl (C=O) groups excluding carboxylic acids is 1. The van der Waals surface area contributed by atoms with Crippen LogP contribution in [0, 0.1) is 11.2 Å². The summed E-state index contributed by atoms with van der Waals surface area (Å²) in [6.45, 7) is 6.76. The van der Waals surface area contributed by atoms with Crippen molar-refractivity contribution >= 4 is 5.78 Å². The number of hydrogen-bond donors (Lipinski definition) is 0. The van der Waals surface area contributed by atoms with Crippen LogP contribution in [-0.2, 0) is 4.74 Å². The summed E-state index contributed by atoms with van der Waals surface area (Å²) in [7, 11) is 1.45. The van der Waals surface area contributed by atoms with Crippen LogP contribution in [0.3, 0.4) is 0 Å². The molecule has 0 spiro atoms. The first kappa shape index (κ1) is 15.6. The van der Waals surface area contributed by atoms with Crippen LogP contribution < -0.4 is 4.74 Å². The third kappa shape index (κ3) is 5.39. The van der Waals surface area contributed by atoms with Gasteiger partial charge in [-0.1, -0.05) is 20.8 Å². The highest BCUT2D eigenvalue weighted by atomic mass is 19.1. The number of hydrogen-bond acceptors (Lipinski definition) is 3. The third-order valence-corrected chi connectivity index (χ3v) is 2.69. The SMILES string of the molecule is COc1ccc(F)cc1C(=O)COCCC(C)(C)C. The summed E-state index contributed by atoms with van der Waals surface area (Å²) < 4.78 is 23.5. The molecule has 0 aliphatic heterocycles. The van der Waals surface area contributed by atoms with Gasteiger partial charge in [-0.25, -0.2) is 4.39 Å². The molecule has 0 unspecified atom stereocenters. The van der Waals surface area contributed by atoms with Crippen LogP contribution in [-0.4, -0.2) is 26.1 Å². The second-order valence-corrected chi connectivity index (χ2v) is 5.63. The zero-order valence-electron chi connectivity index (χ0n) is 12.0. The Morgan fingerprint density at radius 3 is 2.58 bits per heavy atom. The molecule has 0 saturated carbocycles. The molecule has 0 heterocycles. The molecule has 1 rings (SSSR count). The molecule has 0 aliphatic rings. The molecule has 4 heteroatoms. The fraction of sp³-hybridized carbons (Fsp3) is 0.533. The van der Waals surface area contributed by atoms with E-state index >= 15 is 0 Å². The molecular weight excluding hydrogens is 247 g/mol. The molecule has 0 fully saturated rings. The van der Waals surface area contributed by atoms with Crippen molar-refractivity contribution in [2.75, 3.05) is 20.3 Å². The molecular formula is C15H21FO3. The Morgan fingerprint density at radius 1 is 1.32 bits per heavy atom. The van der Waals surface area contributed by atoms with Gasteiger partial charge in [0.2, 0.25) is 0 Å². The highest BCUT2D eigenvalue weighted by Crippen LogP contribution is 2.21. The maximum atomic E-state index is 13.1. The number of ether oxygens (including phenoxy) is 2. The number of carbonyl (C=O) groups is 1. The monoisotopic (exact) mass is 268 g/mol. The van der Waals surface area contributed by atoms with Gasteiger partial charge in [0.1, 0.15) is 18.2 Å². The van der Waals surface area contributed by atoms with Gasteiger partial charge >= 0.3 is 0 Å². The van der Waals surface area contributed by atoms with Crippen LogP contribution in [0.2, 0.25) is 0 Å². The fourth-order valence-corrected chi connectivity index (χ4v) is 1.52. The van der Waals surface area contributed by atoms with E-state index in [9.17, 15) is 9.18 Å². The molecule has 3 nitrogen and oxygen atoms in total. The largest absolute Gasteiger partial charge is 0.496 e. The molecule has 0 amide bonds. The first-order chi connectivity index (χ1) is 8.83. The van der Waals surface area contributed by atoms with Crippen LogP contribution in [0.1, 0.15) is 37.6 Å². The lowest BCUT2D eigenvalue weighted by atomic mass is 9.93. The quantitative estimate of drug-likeness (QED) is 0.585. The van der Waals surface area contributed by atoms with Gasteiger partial charge in [-0.2, -0.15) is 0 Å². The molecule has 0 atom stereocenters. The van der Waals surface area contributed by atoms with Crippen molar-refractivity contribution in [2.45, 2.75) is 27.2 Å². The minimum atomic E-state index is -0.459. The topological polar surface area (TPSA) is 35.5 Å². The van der Waals surface area contributed by atoms with Crippen molar-refractivity contribution in [2.24, 2.45) is 5.41 Å². The van der Waals surface area contributed by atoms with Gasteiger partial charge in [0.25, 0.3) is 0 Å². The van der Waals surface area contributed by atoms with Crippen LogP contribution in [0.5, 0.6) is 5.75 Å². The van der Waals surface area contributed by atoms with Gasteiger partial charge in [0, 0.05) is 6.61 Å². The van der Waals surface area contributed by atoms with E-state index in [0.717, 1.165) is 6.42 Å². The fourth-order valence-electron chi connectivity index (χ4n) is 1.52. The van der Waals surface area contributed by atoms with E-state index in [0.29, 0.717) is 12.4 Å².